The fourth-order valence-electron chi connectivity index (χ4n) is 3.15. The van der Waals surface area contributed by atoms with Gasteiger partial charge in [-0.2, -0.15) is 0 Å². The third-order valence-electron chi connectivity index (χ3n) is 4.02. The summed E-state index contributed by atoms with van der Waals surface area (Å²) in [7, 11) is 1.89. The van der Waals surface area contributed by atoms with Crippen molar-refractivity contribution in [1.82, 2.24) is 10.6 Å². The van der Waals surface area contributed by atoms with Crippen LogP contribution in [0, 0.1) is 17.8 Å². The Bertz CT molecular complexity index is 242. The van der Waals surface area contributed by atoms with Crippen molar-refractivity contribution < 1.29 is 4.79 Å². The van der Waals surface area contributed by atoms with E-state index in [9.17, 15) is 4.79 Å². The van der Waals surface area contributed by atoms with Gasteiger partial charge in [0.05, 0.1) is 0 Å². The predicted octanol–water partition coefficient (Wildman–Crippen LogP) is 1.15. The van der Waals surface area contributed by atoms with Gasteiger partial charge in [-0.25, -0.2) is 0 Å². The Kier molecular flexibility index (Phi) is 3.29. The Morgan fingerprint density at radius 1 is 1.40 bits per heavy atom. The first-order valence-corrected chi connectivity index (χ1v) is 6.15. The molecule has 2 aliphatic carbocycles. The van der Waals surface area contributed by atoms with Crippen molar-refractivity contribution in [2.24, 2.45) is 17.8 Å². The molecule has 2 bridgehead atoms. The van der Waals surface area contributed by atoms with E-state index in [4.69, 9.17) is 0 Å². The van der Waals surface area contributed by atoms with Crippen LogP contribution >= 0.6 is 0 Å². The summed E-state index contributed by atoms with van der Waals surface area (Å²) in [6.07, 6.45) is 5.30. The number of amides is 1. The van der Waals surface area contributed by atoms with E-state index in [1.54, 1.807) is 0 Å². The van der Waals surface area contributed by atoms with Crippen molar-refractivity contribution in [3.05, 3.63) is 0 Å². The maximum absolute atomic E-state index is 11.8. The lowest BCUT2D eigenvalue weighted by atomic mass is 9.95. The van der Waals surface area contributed by atoms with Crippen molar-refractivity contribution in [1.29, 1.82) is 0 Å². The number of fused-ring (bicyclic) bond motifs is 2. The van der Waals surface area contributed by atoms with Gasteiger partial charge in [-0.15, -0.1) is 0 Å². The van der Waals surface area contributed by atoms with Crippen LogP contribution in [0.5, 0.6) is 0 Å². The number of carbonyl (C=O) groups excluding carboxylic acids is 1. The zero-order chi connectivity index (χ0) is 10.8. The topological polar surface area (TPSA) is 41.1 Å². The smallest absolute Gasteiger partial charge is 0.224 e. The van der Waals surface area contributed by atoms with Gasteiger partial charge in [-0.05, 0) is 38.1 Å². The van der Waals surface area contributed by atoms with Gasteiger partial charge >= 0.3 is 0 Å². The van der Waals surface area contributed by atoms with E-state index in [1.165, 1.54) is 25.7 Å². The number of carbonyl (C=O) groups is 1. The summed E-state index contributed by atoms with van der Waals surface area (Å²) in [5.74, 6) is 2.00. The Morgan fingerprint density at radius 2 is 2.20 bits per heavy atom. The second-order valence-corrected chi connectivity index (χ2v) is 5.25. The molecule has 4 unspecified atom stereocenters. The van der Waals surface area contributed by atoms with Gasteiger partial charge in [0, 0.05) is 18.5 Å². The first-order chi connectivity index (χ1) is 7.20. The fourth-order valence-corrected chi connectivity index (χ4v) is 3.15. The summed E-state index contributed by atoms with van der Waals surface area (Å²) >= 11 is 0. The zero-order valence-corrected chi connectivity index (χ0v) is 9.75. The standard InChI is InChI=1S/C12H22N2O/c1-8(7-13-2)12(15)14-11-6-9-3-4-10(11)5-9/h8-11,13H,3-7H2,1-2H3,(H,14,15). The molecule has 1 amide bonds. The number of rotatable bonds is 4. The van der Waals surface area contributed by atoms with Crippen LogP contribution in [-0.2, 0) is 4.79 Å². The molecule has 3 nitrogen and oxygen atoms in total. The van der Waals surface area contributed by atoms with E-state index in [2.05, 4.69) is 10.6 Å². The van der Waals surface area contributed by atoms with E-state index in [0.29, 0.717) is 6.04 Å². The van der Waals surface area contributed by atoms with Crippen molar-refractivity contribution in [2.45, 2.75) is 38.6 Å². The van der Waals surface area contributed by atoms with Crippen LogP contribution in [0.25, 0.3) is 0 Å². The van der Waals surface area contributed by atoms with Crippen LogP contribution in [0.2, 0.25) is 0 Å². The summed E-state index contributed by atoms with van der Waals surface area (Å²) in [6, 6.07) is 0.482. The Balaban J connectivity index is 1.79. The molecule has 15 heavy (non-hydrogen) atoms. The highest BCUT2D eigenvalue weighted by Gasteiger charge is 2.40. The number of hydrogen-bond donors (Lipinski definition) is 2. The normalized spacial score (nSPS) is 35.5. The second kappa shape index (κ2) is 4.52. The monoisotopic (exact) mass is 210 g/mol. The molecule has 2 N–H and O–H groups in total. The molecule has 0 aromatic rings. The van der Waals surface area contributed by atoms with Gasteiger partial charge in [0.25, 0.3) is 0 Å². The maximum atomic E-state index is 11.8. The first kappa shape index (κ1) is 10.9. The molecule has 0 spiro atoms. The van der Waals surface area contributed by atoms with E-state index >= 15 is 0 Å². The van der Waals surface area contributed by atoms with Crippen LogP contribution < -0.4 is 10.6 Å². The quantitative estimate of drug-likeness (QED) is 0.731. The van der Waals surface area contributed by atoms with Crippen molar-refractivity contribution in [2.75, 3.05) is 13.6 Å². The summed E-state index contributed by atoms with van der Waals surface area (Å²) in [5.41, 5.74) is 0. The molecule has 0 heterocycles. The minimum Gasteiger partial charge on any atom is -0.353 e. The largest absolute Gasteiger partial charge is 0.353 e. The van der Waals surface area contributed by atoms with Gasteiger partial charge in [0.2, 0.25) is 5.91 Å². The molecule has 0 radical (unpaired) electrons. The predicted molar refractivity (Wildman–Crippen MR) is 60.5 cm³/mol. The van der Waals surface area contributed by atoms with Gasteiger partial charge in [0.1, 0.15) is 0 Å². The highest BCUT2D eigenvalue weighted by molar-refractivity contribution is 5.78. The summed E-state index contributed by atoms with van der Waals surface area (Å²) in [4.78, 5) is 11.8. The lowest BCUT2D eigenvalue weighted by Crippen LogP contribution is -2.43. The summed E-state index contributed by atoms with van der Waals surface area (Å²) < 4.78 is 0. The molecule has 2 aliphatic rings. The highest BCUT2D eigenvalue weighted by atomic mass is 16.1. The lowest BCUT2D eigenvalue weighted by Gasteiger charge is -2.24. The van der Waals surface area contributed by atoms with Crippen LogP contribution in [0.3, 0.4) is 0 Å². The molecule has 0 aliphatic heterocycles. The molecule has 3 heteroatoms. The van der Waals surface area contributed by atoms with E-state index in [0.717, 1.165) is 18.4 Å². The second-order valence-electron chi connectivity index (χ2n) is 5.25. The van der Waals surface area contributed by atoms with Gasteiger partial charge in [-0.3, -0.25) is 4.79 Å². The SMILES string of the molecule is CNCC(C)C(=O)NC1CC2CCC1C2. The Hall–Kier alpha value is -0.570. The van der Waals surface area contributed by atoms with E-state index < -0.39 is 0 Å². The van der Waals surface area contributed by atoms with E-state index in [1.807, 2.05) is 14.0 Å². The Morgan fingerprint density at radius 3 is 2.73 bits per heavy atom. The zero-order valence-electron chi connectivity index (χ0n) is 9.75. The minimum absolute atomic E-state index is 0.0918. The molecular weight excluding hydrogens is 188 g/mol. The van der Waals surface area contributed by atoms with Gasteiger partial charge < -0.3 is 10.6 Å². The number of nitrogens with one attached hydrogen (secondary N) is 2. The minimum atomic E-state index is 0.0918. The average Bonchev–Trinajstić information content (AvgIpc) is 2.79. The third kappa shape index (κ3) is 2.33. The molecule has 0 saturated heterocycles. The lowest BCUT2D eigenvalue weighted by molar-refractivity contribution is -0.125. The third-order valence-corrected chi connectivity index (χ3v) is 4.02. The average molecular weight is 210 g/mol. The molecule has 4 atom stereocenters. The molecule has 86 valence electrons. The van der Waals surface area contributed by atoms with Gasteiger partial charge in [-0.1, -0.05) is 13.3 Å². The Labute approximate surface area is 92.0 Å². The van der Waals surface area contributed by atoms with Gasteiger partial charge in [0.15, 0.2) is 0 Å². The maximum Gasteiger partial charge on any atom is 0.224 e. The highest BCUT2D eigenvalue weighted by Crippen LogP contribution is 2.44. The molecule has 0 aromatic heterocycles. The van der Waals surface area contributed by atoms with Crippen LogP contribution in [-0.4, -0.2) is 25.5 Å². The summed E-state index contributed by atoms with van der Waals surface area (Å²) in [5, 5.41) is 6.26. The molecule has 2 rings (SSSR count). The summed E-state index contributed by atoms with van der Waals surface area (Å²) in [6.45, 7) is 2.76. The van der Waals surface area contributed by atoms with Crippen LogP contribution in [0.1, 0.15) is 32.6 Å². The van der Waals surface area contributed by atoms with Crippen LogP contribution in [0.15, 0.2) is 0 Å². The van der Waals surface area contributed by atoms with Crippen molar-refractivity contribution in [3.63, 3.8) is 0 Å². The van der Waals surface area contributed by atoms with Crippen molar-refractivity contribution >= 4 is 5.91 Å². The van der Waals surface area contributed by atoms with Crippen molar-refractivity contribution in [3.8, 4) is 0 Å². The first-order valence-electron chi connectivity index (χ1n) is 6.15. The number of hydrogen-bond acceptors (Lipinski definition) is 2. The molecule has 0 aromatic carbocycles. The van der Waals surface area contributed by atoms with E-state index in [-0.39, 0.29) is 11.8 Å². The fraction of sp³-hybridized carbons (Fsp3) is 0.917. The molecular formula is C12H22N2O. The van der Waals surface area contributed by atoms with Crippen LogP contribution in [0.4, 0.5) is 0 Å². The molecule has 2 fully saturated rings. The molecule has 2 saturated carbocycles.